The van der Waals surface area contributed by atoms with E-state index in [1.165, 1.54) is 11.8 Å². The summed E-state index contributed by atoms with van der Waals surface area (Å²) in [7, 11) is -3.63. The molecular weight excluding hydrogens is 336 g/mol. The van der Waals surface area contributed by atoms with E-state index in [2.05, 4.69) is 24.1 Å². The van der Waals surface area contributed by atoms with Gasteiger partial charge in [0.05, 0.1) is 15.3 Å². The molecular formula is C19H20N2O3S. The fourth-order valence-electron chi connectivity index (χ4n) is 3.49. The fraction of sp³-hybridized carbons (Fsp3) is 0.316. The van der Waals surface area contributed by atoms with Crippen LogP contribution in [0.2, 0.25) is 0 Å². The lowest BCUT2D eigenvalue weighted by molar-refractivity contribution is 0.310. The van der Waals surface area contributed by atoms with Gasteiger partial charge in [-0.1, -0.05) is 0 Å². The average molecular weight is 356 g/mol. The SMILES string of the molecule is Cc1ccncc1S(=O)(=O)c1ccc2c3c(oc2c1)C(C)(C)NCC3. The molecule has 0 saturated carbocycles. The Labute approximate surface area is 147 Å². The summed E-state index contributed by atoms with van der Waals surface area (Å²) in [5.41, 5.74) is 2.20. The first kappa shape index (κ1) is 16.3. The molecule has 0 radical (unpaired) electrons. The molecule has 0 saturated heterocycles. The molecule has 6 heteroatoms. The number of benzene rings is 1. The van der Waals surface area contributed by atoms with E-state index in [0.717, 1.165) is 24.1 Å². The van der Waals surface area contributed by atoms with Crippen LogP contribution in [-0.4, -0.2) is 19.9 Å². The zero-order valence-corrected chi connectivity index (χ0v) is 15.3. The maximum Gasteiger partial charge on any atom is 0.208 e. The highest BCUT2D eigenvalue weighted by molar-refractivity contribution is 7.91. The Morgan fingerprint density at radius 1 is 1.24 bits per heavy atom. The summed E-state index contributed by atoms with van der Waals surface area (Å²) in [4.78, 5) is 4.42. The van der Waals surface area contributed by atoms with Gasteiger partial charge in [0.25, 0.3) is 0 Å². The van der Waals surface area contributed by atoms with Crippen LogP contribution in [0.5, 0.6) is 0 Å². The first-order valence-corrected chi connectivity index (χ1v) is 9.76. The van der Waals surface area contributed by atoms with Crippen molar-refractivity contribution in [2.24, 2.45) is 0 Å². The molecule has 0 unspecified atom stereocenters. The van der Waals surface area contributed by atoms with Gasteiger partial charge < -0.3 is 9.73 Å². The van der Waals surface area contributed by atoms with Crippen LogP contribution in [0, 0.1) is 6.92 Å². The van der Waals surface area contributed by atoms with Crippen LogP contribution >= 0.6 is 0 Å². The average Bonchev–Trinajstić information content (AvgIpc) is 2.94. The van der Waals surface area contributed by atoms with Crippen molar-refractivity contribution in [3.63, 3.8) is 0 Å². The van der Waals surface area contributed by atoms with Crippen molar-refractivity contribution in [1.82, 2.24) is 10.3 Å². The molecule has 0 amide bonds. The Morgan fingerprint density at radius 3 is 2.80 bits per heavy atom. The molecule has 0 spiro atoms. The van der Waals surface area contributed by atoms with Gasteiger partial charge in [-0.05, 0) is 51.0 Å². The van der Waals surface area contributed by atoms with Crippen molar-refractivity contribution in [2.45, 2.75) is 42.5 Å². The predicted octanol–water partition coefficient (Wildman–Crippen LogP) is 3.35. The number of hydrogen-bond acceptors (Lipinski definition) is 5. The van der Waals surface area contributed by atoms with E-state index < -0.39 is 9.84 Å². The highest BCUT2D eigenvalue weighted by Crippen LogP contribution is 2.37. The zero-order chi connectivity index (χ0) is 17.8. The van der Waals surface area contributed by atoms with E-state index in [0.29, 0.717) is 11.1 Å². The van der Waals surface area contributed by atoms with Gasteiger partial charge >= 0.3 is 0 Å². The number of pyridine rings is 1. The molecule has 0 fully saturated rings. The number of sulfone groups is 1. The second-order valence-corrected chi connectivity index (χ2v) is 8.93. The molecule has 3 heterocycles. The molecule has 2 aromatic heterocycles. The molecule has 1 aliphatic rings. The van der Waals surface area contributed by atoms with Gasteiger partial charge in [0.15, 0.2) is 0 Å². The number of furan rings is 1. The van der Waals surface area contributed by atoms with Crippen LogP contribution in [0.25, 0.3) is 11.0 Å². The van der Waals surface area contributed by atoms with Crippen molar-refractivity contribution in [3.05, 3.63) is 53.5 Å². The van der Waals surface area contributed by atoms with Crippen LogP contribution in [0.4, 0.5) is 0 Å². The minimum Gasteiger partial charge on any atom is -0.459 e. The van der Waals surface area contributed by atoms with E-state index >= 15 is 0 Å². The standard InChI is InChI=1S/C19H20N2O3S/c1-12-6-8-20-11-17(12)25(22,23)13-4-5-14-15-7-9-21-19(2,3)18(15)24-16(14)10-13/h4-6,8,10-11,21H,7,9H2,1-3H3. The van der Waals surface area contributed by atoms with Crippen molar-refractivity contribution in [1.29, 1.82) is 0 Å². The Bertz CT molecular complexity index is 1080. The third-order valence-electron chi connectivity index (χ3n) is 4.86. The number of rotatable bonds is 2. The molecule has 0 atom stereocenters. The fourth-order valence-corrected chi connectivity index (χ4v) is 4.94. The molecule has 0 bridgehead atoms. The predicted molar refractivity (Wildman–Crippen MR) is 95.4 cm³/mol. The number of aromatic nitrogens is 1. The van der Waals surface area contributed by atoms with Gasteiger partial charge in [-0.2, -0.15) is 0 Å². The van der Waals surface area contributed by atoms with E-state index in [4.69, 9.17) is 4.42 Å². The molecule has 0 aliphatic carbocycles. The lowest BCUT2D eigenvalue weighted by atomic mass is 9.91. The molecule has 1 aliphatic heterocycles. The second kappa shape index (κ2) is 5.41. The summed E-state index contributed by atoms with van der Waals surface area (Å²) in [5, 5.41) is 4.43. The number of fused-ring (bicyclic) bond motifs is 3. The second-order valence-electron chi connectivity index (χ2n) is 7.01. The van der Waals surface area contributed by atoms with Gasteiger partial charge in [0.1, 0.15) is 11.3 Å². The van der Waals surface area contributed by atoms with E-state index in [1.807, 2.05) is 6.07 Å². The maximum atomic E-state index is 13.0. The molecule has 130 valence electrons. The molecule has 4 rings (SSSR count). The quantitative estimate of drug-likeness (QED) is 0.762. The Kier molecular flexibility index (Phi) is 3.53. The van der Waals surface area contributed by atoms with Gasteiger partial charge in [0, 0.05) is 36.0 Å². The number of nitrogens with one attached hydrogen (secondary N) is 1. The van der Waals surface area contributed by atoms with E-state index in [-0.39, 0.29) is 15.3 Å². The first-order chi connectivity index (χ1) is 11.8. The first-order valence-electron chi connectivity index (χ1n) is 8.27. The topological polar surface area (TPSA) is 72.2 Å². The number of hydrogen-bond donors (Lipinski definition) is 1. The summed E-state index contributed by atoms with van der Waals surface area (Å²) >= 11 is 0. The summed E-state index contributed by atoms with van der Waals surface area (Å²) in [6, 6.07) is 6.85. The van der Waals surface area contributed by atoms with Crippen LogP contribution in [0.1, 0.15) is 30.7 Å². The van der Waals surface area contributed by atoms with Crippen LogP contribution < -0.4 is 5.32 Å². The summed E-state index contributed by atoms with van der Waals surface area (Å²) in [6.07, 6.45) is 3.86. The smallest absolute Gasteiger partial charge is 0.208 e. The zero-order valence-electron chi connectivity index (χ0n) is 14.5. The monoisotopic (exact) mass is 356 g/mol. The summed E-state index contributed by atoms with van der Waals surface area (Å²) in [5.74, 6) is 0.890. The molecule has 25 heavy (non-hydrogen) atoms. The molecule has 1 N–H and O–H groups in total. The lowest BCUT2D eigenvalue weighted by Crippen LogP contribution is -2.41. The highest BCUT2D eigenvalue weighted by atomic mass is 32.2. The van der Waals surface area contributed by atoms with Crippen molar-refractivity contribution in [2.75, 3.05) is 6.54 Å². The minimum atomic E-state index is -3.63. The van der Waals surface area contributed by atoms with Gasteiger partial charge in [0.2, 0.25) is 9.84 Å². The van der Waals surface area contributed by atoms with E-state index in [1.54, 1.807) is 31.3 Å². The Hall–Kier alpha value is -2.18. The van der Waals surface area contributed by atoms with Crippen LogP contribution in [-0.2, 0) is 21.8 Å². The summed E-state index contributed by atoms with van der Waals surface area (Å²) in [6.45, 7) is 6.80. The van der Waals surface area contributed by atoms with Gasteiger partial charge in [-0.15, -0.1) is 0 Å². The largest absolute Gasteiger partial charge is 0.459 e. The van der Waals surface area contributed by atoms with E-state index in [9.17, 15) is 8.42 Å². The molecule has 5 nitrogen and oxygen atoms in total. The van der Waals surface area contributed by atoms with Gasteiger partial charge in [-0.3, -0.25) is 4.98 Å². The van der Waals surface area contributed by atoms with Gasteiger partial charge in [-0.25, -0.2) is 8.42 Å². The molecule has 3 aromatic rings. The number of aryl methyl sites for hydroxylation is 1. The highest BCUT2D eigenvalue weighted by Gasteiger charge is 2.33. The Morgan fingerprint density at radius 2 is 2.04 bits per heavy atom. The Balaban J connectivity index is 1.90. The van der Waals surface area contributed by atoms with Crippen molar-refractivity contribution >= 4 is 20.8 Å². The maximum absolute atomic E-state index is 13.0. The lowest BCUT2D eigenvalue weighted by Gasteiger charge is -2.29. The molecule has 1 aromatic carbocycles. The number of nitrogens with zero attached hydrogens (tertiary/aromatic N) is 1. The summed E-state index contributed by atoms with van der Waals surface area (Å²) < 4.78 is 32.0. The van der Waals surface area contributed by atoms with Crippen LogP contribution in [0.15, 0.2) is 50.9 Å². The van der Waals surface area contributed by atoms with Crippen molar-refractivity contribution < 1.29 is 12.8 Å². The minimum absolute atomic E-state index is 0.229. The van der Waals surface area contributed by atoms with Crippen LogP contribution in [0.3, 0.4) is 0 Å². The third-order valence-corrected chi connectivity index (χ3v) is 6.75. The normalized spacial score (nSPS) is 16.8. The van der Waals surface area contributed by atoms with Crippen molar-refractivity contribution in [3.8, 4) is 0 Å². The third kappa shape index (κ3) is 2.48.